The Morgan fingerprint density at radius 2 is 2.24 bits per heavy atom. The van der Waals surface area contributed by atoms with E-state index in [4.69, 9.17) is 5.11 Å². The fourth-order valence-electron chi connectivity index (χ4n) is 2.28. The lowest BCUT2D eigenvalue weighted by Crippen LogP contribution is -2.44. The first-order valence-electron chi connectivity index (χ1n) is 7.02. The van der Waals surface area contributed by atoms with E-state index in [9.17, 15) is 9.59 Å². The second-order valence-electron chi connectivity index (χ2n) is 5.11. The smallest absolute Gasteiger partial charge is 0.335 e. The minimum atomic E-state index is -0.963. The number of hydrogen-bond acceptors (Lipinski definition) is 3. The van der Waals surface area contributed by atoms with Crippen molar-refractivity contribution in [3.63, 3.8) is 0 Å². The molecule has 1 aliphatic rings. The summed E-state index contributed by atoms with van der Waals surface area (Å²) in [5, 5.41) is 12.3. The van der Waals surface area contributed by atoms with Gasteiger partial charge in [0.15, 0.2) is 0 Å². The fourth-order valence-corrected chi connectivity index (χ4v) is 3.46. The Balaban J connectivity index is 2.04. The Hall–Kier alpha value is -1.69. The first kappa shape index (κ1) is 15.7. The molecule has 0 saturated carbocycles. The zero-order valence-corrected chi connectivity index (χ0v) is 13.1. The second kappa shape index (κ2) is 6.85. The number of urea groups is 1. The van der Waals surface area contributed by atoms with Gasteiger partial charge in [0.25, 0.3) is 0 Å². The second-order valence-corrected chi connectivity index (χ2v) is 6.52. The van der Waals surface area contributed by atoms with Crippen LogP contribution in [-0.4, -0.2) is 46.1 Å². The van der Waals surface area contributed by atoms with E-state index in [1.165, 1.54) is 6.07 Å². The molecule has 0 aliphatic carbocycles. The first-order valence-corrected chi connectivity index (χ1v) is 8.07. The Kier molecular flexibility index (Phi) is 5.12. The van der Waals surface area contributed by atoms with Gasteiger partial charge in [0.05, 0.1) is 5.56 Å². The summed E-state index contributed by atoms with van der Waals surface area (Å²) in [6.07, 6.45) is 1.06. The highest BCUT2D eigenvalue weighted by molar-refractivity contribution is 8.00. The number of benzene rings is 1. The predicted molar refractivity (Wildman–Crippen MR) is 85.3 cm³/mol. The number of anilines is 1. The van der Waals surface area contributed by atoms with E-state index in [-0.39, 0.29) is 11.6 Å². The summed E-state index contributed by atoms with van der Waals surface area (Å²) >= 11 is 1.91. The lowest BCUT2D eigenvalue weighted by Gasteiger charge is -2.32. The molecule has 1 atom stereocenters. The van der Waals surface area contributed by atoms with Gasteiger partial charge in [0.2, 0.25) is 0 Å². The summed E-state index contributed by atoms with van der Waals surface area (Å²) in [5.74, 6) is -0.00196. The molecule has 21 heavy (non-hydrogen) atoms. The van der Waals surface area contributed by atoms with Crippen LogP contribution in [0.4, 0.5) is 10.5 Å². The van der Waals surface area contributed by atoms with E-state index in [1.807, 2.05) is 16.7 Å². The van der Waals surface area contributed by atoms with Crippen LogP contribution in [0.3, 0.4) is 0 Å². The summed E-state index contributed by atoms with van der Waals surface area (Å²) in [6.45, 7) is 5.44. The van der Waals surface area contributed by atoms with Gasteiger partial charge >= 0.3 is 12.0 Å². The molecule has 1 aromatic rings. The molecule has 0 aromatic heterocycles. The van der Waals surface area contributed by atoms with Gasteiger partial charge in [-0.15, -0.1) is 0 Å². The third-order valence-electron chi connectivity index (χ3n) is 3.60. The van der Waals surface area contributed by atoms with E-state index >= 15 is 0 Å². The lowest BCUT2D eigenvalue weighted by molar-refractivity contribution is 0.0697. The third kappa shape index (κ3) is 3.91. The van der Waals surface area contributed by atoms with Crippen molar-refractivity contribution >= 4 is 29.4 Å². The van der Waals surface area contributed by atoms with Gasteiger partial charge in [0, 0.05) is 29.8 Å². The fraction of sp³-hybridized carbons (Fsp3) is 0.467. The number of carboxylic acid groups (broad SMARTS) is 1. The highest BCUT2D eigenvalue weighted by Crippen LogP contribution is 2.22. The van der Waals surface area contributed by atoms with Crippen LogP contribution in [0.1, 0.15) is 29.3 Å². The maximum Gasteiger partial charge on any atom is 0.335 e. The standard InChI is InChI=1S/C15H20N2O3S/c1-3-12-9-17(6-7-21-12)15(20)16-13-5-4-11(14(18)19)8-10(13)2/h4-5,8,12H,3,6-7,9H2,1-2H3,(H,16,20)(H,18,19). The van der Waals surface area contributed by atoms with Crippen molar-refractivity contribution in [3.8, 4) is 0 Å². The molecular formula is C15H20N2O3S. The van der Waals surface area contributed by atoms with E-state index in [2.05, 4.69) is 12.2 Å². The average Bonchev–Trinajstić information content (AvgIpc) is 2.49. The van der Waals surface area contributed by atoms with Crippen LogP contribution in [0.2, 0.25) is 0 Å². The number of nitrogens with one attached hydrogen (secondary N) is 1. The number of carboxylic acids is 1. The van der Waals surface area contributed by atoms with E-state index in [0.717, 1.165) is 30.8 Å². The molecule has 0 radical (unpaired) electrons. The first-order chi connectivity index (χ1) is 10.0. The zero-order valence-electron chi connectivity index (χ0n) is 12.3. The van der Waals surface area contributed by atoms with Crippen LogP contribution in [0.15, 0.2) is 18.2 Å². The molecule has 1 saturated heterocycles. The van der Waals surface area contributed by atoms with Crippen LogP contribution < -0.4 is 5.32 Å². The number of amides is 2. The number of aromatic carboxylic acids is 1. The molecule has 2 rings (SSSR count). The van der Waals surface area contributed by atoms with Gasteiger partial charge in [-0.2, -0.15) is 11.8 Å². The van der Waals surface area contributed by atoms with Gasteiger partial charge in [-0.3, -0.25) is 0 Å². The van der Waals surface area contributed by atoms with E-state index in [0.29, 0.717) is 10.9 Å². The Bertz CT molecular complexity index is 548. The van der Waals surface area contributed by atoms with Gasteiger partial charge in [-0.05, 0) is 37.1 Å². The molecule has 1 aromatic carbocycles. The zero-order chi connectivity index (χ0) is 15.4. The molecule has 0 spiro atoms. The minimum absolute atomic E-state index is 0.111. The Labute approximate surface area is 128 Å². The van der Waals surface area contributed by atoms with Gasteiger partial charge in [-0.1, -0.05) is 6.92 Å². The molecule has 1 unspecified atom stereocenters. The highest BCUT2D eigenvalue weighted by atomic mass is 32.2. The maximum atomic E-state index is 12.3. The highest BCUT2D eigenvalue weighted by Gasteiger charge is 2.23. The number of carbonyl (C=O) groups is 2. The molecule has 2 amide bonds. The molecule has 5 nitrogen and oxygen atoms in total. The topological polar surface area (TPSA) is 69.6 Å². The number of rotatable bonds is 3. The van der Waals surface area contributed by atoms with Crippen LogP contribution >= 0.6 is 11.8 Å². The molecule has 114 valence electrons. The van der Waals surface area contributed by atoms with Crippen LogP contribution in [0.5, 0.6) is 0 Å². The molecule has 2 N–H and O–H groups in total. The largest absolute Gasteiger partial charge is 0.478 e. The molecule has 6 heteroatoms. The molecular weight excluding hydrogens is 288 g/mol. The summed E-state index contributed by atoms with van der Waals surface area (Å²) in [7, 11) is 0. The van der Waals surface area contributed by atoms with Crippen molar-refractivity contribution in [1.29, 1.82) is 0 Å². The van der Waals surface area contributed by atoms with E-state index in [1.54, 1.807) is 19.1 Å². The average molecular weight is 308 g/mol. The Morgan fingerprint density at radius 1 is 1.48 bits per heavy atom. The van der Waals surface area contributed by atoms with Crippen molar-refractivity contribution in [2.45, 2.75) is 25.5 Å². The van der Waals surface area contributed by atoms with Crippen molar-refractivity contribution in [2.75, 3.05) is 24.2 Å². The predicted octanol–water partition coefficient (Wildman–Crippen LogP) is 3.05. The van der Waals surface area contributed by atoms with Gasteiger partial charge in [0.1, 0.15) is 0 Å². The lowest BCUT2D eigenvalue weighted by atomic mass is 10.1. The third-order valence-corrected chi connectivity index (χ3v) is 4.97. The maximum absolute atomic E-state index is 12.3. The summed E-state index contributed by atoms with van der Waals surface area (Å²) in [6, 6.07) is 4.61. The van der Waals surface area contributed by atoms with E-state index < -0.39 is 5.97 Å². The van der Waals surface area contributed by atoms with Crippen molar-refractivity contribution < 1.29 is 14.7 Å². The van der Waals surface area contributed by atoms with Crippen molar-refractivity contribution in [2.24, 2.45) is 0 Å². The van der Waals surface area contributed by atoms with Crippen LogP contribution in [0.25, 0.3) is 0 Å². The number of carbonyl (C=O) groups excluding carboxylic acids is 1. The number of hydrogen-bond donors (Lipinski definition) is 2. The monoisotopic (exact) mass is 308 g/mol. The molecule has 0 bridgehead atoms. The van der Waals surface area contributed by atoms with Crippen LogP contribution in [-0.2, 0) is 0 Å². The van der Waals surface area contributed by atoms with Gasteiger partial charge in [-0.25, -0.2) is 9.59 Å². The summed E-state index contributed by atoms with van der Waals surface area (Å²) < 4.78 is 0. The molecule has 1 aliphatic heterocycles. The number of thioether (sulfide) groups is 1. The normalized spacial score (nSPS) is 18.4. The SMILES string of the molecule is CCC1CN(C(=O)Nc2ccc(C(=O)O)cc2C)CCS1. The van der Waals surface area contributed by atoms with Gasteiger partial charge < -0.3 is 15.3 Å². The quantitative estimate of drug-likeness (QED) is 0.900. The van der Waals surface area contributed by atoms with Crippen LogP contribution in [0, 0.1) is 6.92 Å². The van der Waals surface area contributed by atoms with Crippen molar-refractivity contribution in [1.82, 2.24) is 4.90 Å². The number of nitrogens with zero attached hydrogens (tertiary/aromatic N) is 1. The summed E-state index contributed by atoms with van der Waals surface area (Å²) in [5.41, 5.74) is 1.64. The van der Waals surface area contributed by atoms with Crippen molar-refractivity contribution in [3.05, 3.63) is 29.3 Å². The molecule has 1 fully saturated rings. The Morgan fingerprint density at radius 3 is 2.86 bits per heavy atom. The minimum Gasteiger partial charge on any atom is -0.478 e. The summed E-state index contributed by atoms with van der Waals surface area (Å²) in [4.78, 5) is 25.0. The molecule has 1 heterocycles. The number of aryl methyl sites for hydroxylation is 1.